The van der Waals surface area contributed by atoms with Gasteiger partial charge in [0, 0.05) is 47.9 Å². The number of nitrogens with zero attached hydrogens (tertiary/aromatic N) is 5. The summed E-state index contributed by atoms with van der Waals surface area (Å²) in [6.45, 7) is 8.24. The number of halogens is 1. The van der Waals surface area contributed by atoms with E-state index in [1.165, 1.54) is 11.3 Å². The Hall–Kier alpha value is -3.16. The summed E-state index contributed by atoms with van der Waals surface area (Å²) in [5, 5.41) is 0. The van der Waals surface area contributed by atoms with Crippen LogP contribution in [0.2, 0.25) is 0 Å². The molecule has 0 atom stereocenters. The standard InChI is InChI=1S/C32H36BrN5O/c1-2-24-7-11-27(12-8-24)36-19-21-37(22-20-36)32(39)25-15-17-35(18-16-25)23-31-34-29-5-3-4-6-30(29)38(31)28-13-9-26(33)10-14-28/h3-14,25H,2,15-23H2,1H3. The molecule has 2 aliphatic rings. The summed E-state index contributed by atoms with van der Waals surface area (Å²) in [7, 11) is 0. The molecule has 0 unspecified atom stereocenters. The van der Waals surface area contributed by atoms with Gasteiger partial charge in [-0.05, 0) is 86.4 Å². The highest BCUT2D eigenvalue weighted by atomic mass is 79.9. The zero-order valence-electron chi connectivity index (χ0n) is 22.6. The van der Waals surface area contributed by atoms with Crippen LogP contribution < -0.4 is 4.90 Å². The van der Waals surface area contributed by atoms with E-state index in [4.69, 9.17) is 4.98 Å². The zero-order valence-corrected chi connectivity index (χ0v) is 24.2. The van der Waals surface area contributed by atoms with E-state index in [1.807, 2.05) is 6.07 Å². The molecule has 6 nitrogen and oxygen atoms in total. The van der Waals surface area contributed by atoms with Crippen molar-refractivity contribution in [2.24, 2.45) is 5.92 Å². The van der Waals surface area contributed by atoms with Crippen LogP contribution in [0.25, 0.3) is 16.7 Å². The van der Waals surface area contributed by atoms with Crippen LogP contribution in [0.15, 0.2) is 77.3 Å². The number of anilines is 1. The van der Waals surface area contributed by atoms with Gasteiger partial charge in [0.2, 0.25) is 5.91 Å². The highest BCUT2D eigenvalue weighted by molar-refractivity contribution is 9.10. The van der Waals surface area contributed by atoms with E-state index < -0.39 is 0 Å². The maximum Gasteiger partial charge on any atom is 0.225 e. The number of para-hydroxylation sites is 2. The lowest BCUT2D eigenvalue weighted by Crippen LogP contribution is -2.51. The molecule has 2 aliphatic heterocycles. The Balaban J connectivity index is 1.06. The number of fused-ring (bicyclic) bond motifs is 1. The van der Waals surface area contributed by atoms with E-state index in [0.717, 1.165) is 92.1 Å². The molecule has 0 saturated carbocycles. The molecule has 0 spiro atoms. The van der Waals surface area contributed by atoms with Crippen molar-refractivity contribution >= 4 is 38.6 Å². The molecular formula is C32H36BrN5O. The quantitative estimate of drug-likeness (QED) is 0.282. The molecule has 1 aromatic heterocycles. The average Bonchev–Trinajstić information content (AvgIpc) is 3.35. The van der Waals surface area contributed by atoms with Crippen molar-refractivity contribution in [1.82, 2.24) is 19.4 Å². The largest absolute Gasteiger partial charge is 0.368 e. The summed E-state index contributed by atoms with van der Waals surface area (Å²) < 4.78 is 3.34. The van der Waals surface area contributed by atoms with Gasteiger partial charge >= 0.3 is 0 Å². The Bertz CT molecular complexity index is 1420. The molecule has 39 heavy (non-hydrogen) atoms. The lowest BCUT2D eigenvalue weighted by Gasteiger charge is -2.39. The van der Waals surface area contributed by atoms with Gasteiger partial charge in [-0.15, -0.1) is 0 Å². The number of piperidine rings is 1. The number of piperazine rings is 1. The smallest absolute Gasteiger partial charge is 0.225 e. The number of rotatable bonds is 6. The summed E-state index contributed by atoms with van der Waals surface area (Å²) in [6, 6.07) is 25.6. The predicted molar refractivity (Wildman–Crippen MR) is 161 cm³/mol. The molecule has 2 fully saturated rings. The first-order valence-electron chi connectivity index (χ1n) is 14.2. The number of aryl methyl sites for hydroxylation is 1. The van der Waals surface area contributed by atoms with Crippen LogP contribution in [0.3, 0.4) is 0 Å². The number of aromatic nitrogens is 2. The topological polar surface area (TPSA) is 44.6 Å². The van der Waals surface area contributed by atoms with E-state index in [1.54, 1.807) is 0 Å². The fraction of sp³-hybridized carbons (Fsp3) is 0.375. The Morgan fingerprint density at radius 3 is 2.21 bits per heavy atom. The maximum atomic E-state index is 13.4. The van der Waals surface area contributed by atoms with Crippen molar-refractivity contribution < 1.29 is 4.79 Å². The van der Waals surface area contributed by atoms with Crippen LogP contribution in [-0.4, -0.2) is 64.5 Å². The second kappa shape index (κ2) is 11.5. The van der Waals surface area contributed by atoms with Crippen LogP contribution in [-0.2, 0) is 17.8 Å². The minimum absolute atomic E-state index is 0.127. The second-order valence-electron chi connectivity index (χ2n) is 10.7. The molecule has 4 aromatic rings. The molecule has 7 heteroatoms. The first-order chi connectivity index (χ1) is 19.1. The normalized spacial score (nSPS) is 17.2. The third kappa shape index (κ3) is 5.61. The highest BCUT2D eigenvalue weighted by Gasteiger charge is 2.31. The fourth-order valence-electron chi connectivity index (χ4n) is 5.98. The SMILES string of the molecule is CCc1ccc(N2CCN(C(=O)C3CCN(Cc4nc5ccccc5n4-c4ccc(Br)cc4)CC3)CC2)cc1. The molecule has 1 amide bonds. The van der Waals surface area contributed by atoms with Crippen molar-refractivity contribution in [2.45, 2.75) is 32.7 Å². The minimum atomic E-state index is 0.127. The van der Waals surface area contributed by atoms with Crippen molar-refractivity contribution in [3.63, 3.8) is 0 Å². The van der Waals surface area contributed by atoms with Gasteiger partial charge in [0.05, 0.1) is 17.6 Å². The third-order valence-electron chi connectivity index (χ3n) is 8.32. The van der Waals surface area contributed by atoms with Crippen LogP contribution in [0, 0.1) is 5.92 Å². The molecule has 202 valence electrons. The third-order valence-corrected chi connectivity index (χ3v) is 8.85. The van der Waals surface area contributed by atoms with Crippen LogP contribution in [0.1, 0.15) is 31.2 Å². The van der Waals surface area contributed by atoms with Crippen LogP contribution in [0.4, 0.5) is 5.69 Å². The van der Waals surface area contributed by atoms with Crippen LogP contribution in [0.5, 0.6) is 0 Å². The summed E-state index contributed by atoms with van der Waals surface area (Å²) in [6.07, 6.45) is 2.89. The summed E-state index contributed by atoms with van der Waals surface area (Å²) >= 11 is 3.55. The number of imidazole rings is 1. The molecule has 3 aromatic carbocycles. The highest BCUT2D eigenvalue weighted by Crippen LogP contribution is 2.27. The van der Waals surface area contributed by atoms with E-state index in [-0.39, 0.29) is 5.92 Å². The Kier molecular flexibility index (Phi) is 7.71. The number of carbonyl (C=O) groups excluding carboxylic acids is 1. The molecule has 0 aliphatic carbocycles. The van der Waals surface area contributed by atoms with Crippen molar-refractivity contribution in [2.75, 3.05) is 44.2 Å². The lowest BCUT2D eigenvalue weighted by atomic mass is 9.95. The molecular weight excluding hydrogens is 550 g/mol. The number of hydrogen-bond acceptors (Lipinski definition) is 4. The lowest BCUT2D eigenvalue weighted by molar-refractivity contribution is -0.137. The Labute approximate surface area is 239 Å². The van der Waals surface area contributed by atoms with E-state index >= 15 is 0 Å². The van der Waals surface area contributed by atoms with Gasteiger partial charge in [-0.1, -0.05) is 47.1 Å². The van der Waals surface area contributed by atoms with Gasteiger partial charge in [0.1, 0.15) is 5.82 Å². The summed E-state index contributed by atoms with van der Waals surface area (Å²) in [5.41, 5.74) is 5.89. The fourth-order valence-corrected chi connectivity index (χ4v) is 6.25. The number of amides is 1. The zero-order chi connectivity index (χ0) is 26.8. The van der Waals surface area contributed by atoms with Crippen LogP contribution >= 0.6 is 15.9 Å². The summed E-state index contributed by atoms with van der Waals surface area (Å²) in [5.74, 6) is 1.52. The molecule has 3 heterocycles. The molecule has 0 radical (unpaired) electrons. The van der Waals surface area contributed by atoms with Crippen molar-refractivity contribution in [3.8, 4) is 5.69 Å². The van der Waals surface area contributed by atoms with Gasteiger partial charge in [0.15, 0.2) is 0 Å². The number of likely N-dealkylation sites (tertiary alicyclic amines) is 1. The van der Waals surface area contributed by atoms with Gasteiger partial charge < -0.3 is 9.80 Å². The number of carbonyl (C=O) groups is 1. The van der Waals surface area contributed by atoms with Gasteiger partial charge in [0.25, 0.3) is 0 Å². The molecule has 2 saturated heterocycles. The minimum Gasteiger partial charge on any atom is -0.368 e. The van der Waals surface area contributed by atoms with Gasteiger partial charge in [-0.25, -0.2) is 4.98 Å². The molecule has 6 rings (SSSR count). The Morgan fingerprint density at radius 2 is 1.51 bits per heavy atom. The summed E-state index contributed by atoms with van der Waals surface area (Å²) in [4.78, 5) is 25.4. The molecule has 0 bridgehead atoms. The molecule has 0 N–H and O–H groups in total. The maximum absolute atomic E-state index is 13.4. The average molecular weight is 587 g/mol. The van der Waals surface area contributed by atoms with Crippen molar-refractivity contribution in [3.05, 3.63) is 88.7 Å². The second-order valence-corrected chi connectivity index (χ2v) is 11.6. The predicted octanol–water partition coefficient (Wildman–Crippen LogP) is 5.91. The Morgan fingerprint density at radius 1 is 0.846 bits per heavy atom. The first kappa shape index (κ1) is 26.1. The van der Waals surface area contributed by atoms with E-state index in [9.17, 15) is 4.79 Å². The van der Waals surface area contributed by atoms with E-state index in [0.29, 0.717) is 5.91 Å². The number of benzene rings is 3. The van der Waals surface area contributed by atoms with Gasteiger partial charge in [-0.3, -0.25) is 14.3 Å². The number of hydrogen-bond donors (Lipinski definition) is 0. The first-order valence-corrected chi connectivity index (χ1v) is 15.0. The van der Waals surface area contributed by atoms with Gasteiger partial charge in [-0.2, -0.15) is 0 Å². The van der Waals surface area contributed by atoms with Crippen molar-refractivity contribution in [1.29, 1.82) is 0 Å². The monoisotopic (exact) mass is 585 g/mol. The van der Waals surface area contributed by atoms with E-state index in [2.05, 4.69) is 109 Å².